The second kappa shape index (κ2) is 7.61. The average molecular weight is 323 g/mol. The molecule has 9 heavy (non-hydrogen) atoms. The first-order valence-corrected chi connectivity index (χ1v) is 2.13. The standard InChI is InChI=1S/C6H6O.Ce.Y/c7-6-4-2-1-3-5-6;;/h1-5,7H;;. The van der Waals surface area contributed by atoms with E-state index in [0.29, 0.717) is 5.75 Å². The van der Waals surface area contributed by atoms with Gasteiger partial charge >= 0.3 is 0 Å². The van der Waals surface area contributed by atoms with E-state index in [4.69, 9.17) is 5.11 Å². The maximum Gasteiger partial charge on any atom is 0.115 e. The molecule has 1 rings (SSSR count). The minimum atomic E-state index is 0. The van der Waals surface area contributed by atoms with Crippen LogP contribution >= 0.6 is 0 Å². The van der Waals surface area contributed by atoms with Gasteiger partial charge in [0.2, 0.25) is 0 Å². The van der Waals surface area contributed by atoms with E-state index in [1.54, 1.807) is 24.3 Å². The first-order chi connectivity index (χ1) is 3.39. The van der Waals surface area contributed by atoms with Gasteiger partial charge < -0.3 is 5.11 Å². The maximum atomic E-state index is 8.63. The molecule has 1 N–H and O–H groups in total. The summed E-state index contributed by atoms with van der Waals surface area (Å²) < 4.78 is 0. The summed E-state index contributed by atoms with van der Waals surface area (Å²) in [5, 5.41) is 8.63. The molecule has 0 saturated carbocycles. The maximum absolute atomic E-state index is 8.63. The molecule has 0 heterocycles. The van der Waals surface area contributed by atoms with Gasteiger partial charge in [-0.05, 0) is 12.1 Å². The van der Waals surface area contributed by atoms with Crippen LogP contribution in [0.25, 0.3) is 0 Å². The fourth-order valence-corrected chi connectivity index (χ4v) is 0.428. The number of hydrogen-bond donors (Lipinski definition) is 1. The minimum absolute atomic E-state index is 0. The number of aromatic hydroxyl groups is 1. The van der Waals surface area contributed by atoms with Gasteiger partial charge in [-0.15, -0.1) is 0 Å². The van der Waals surface area contributed by atoms with Crippen LogP contribution in [0.3, 0.4) is 0 Å². The molecule has 1 aromatic rings. The van der Waals surface area contributed by atoms with E-state index in [2.05, 4.69) is 0 Å². The molecule has 0 fully saturated rings. The van der Waals surface area contributed by atoms with E-state index in [9.17, 15) is 0 Å². The Bertz CT molecular complexity index is 143. The van der Waals surface area contributed by atoms with Crippen LogP contribution in [0, 0.1) is 41.7 Å². The van der Waals surface area contributed by atoms with E-state index in [0.717, 1.165) is 0 Å². The van der Waals surface area contributed by atoms with Crippen LogP contribution in [-0.4, -0.2) is 5.11 Å². The van der Waals surface area contributed by atoms with Gasteiger partial charge in [0, 0.05) is 74.5 Å². The number of rotatable bonds is 0. The van der Waals surface area contributed by atoms with Crippen LogP contribution in [0.5, 0.6) is 5.75 Å². The summed E-state index contributed by atoms with van der Waals surface area (Å²) in [6.45, 7) is 0. The summed E-state index contributed by atoms with van der Waals surface area (Å²) in [4.78, 5) is 0. The molecule has 0 unspecified atom stereocenters. The molecule has 0 aromatic heterocycles. The average Bonchev–Trinajstić information content (AvgIpc) is 1.69. The van der Waals surface area contributed by atoms with Gasteiger partial charge in [0.05, 0.1) is 0 Å². The second-order valence-electron chi connectivity index (χ2n) is 1.34. The molecule has 0 spiro atoms. The van der Waals surface area contributed by atoms with Crippen molar-refractivity contribution in [1.29, 1.82) is 0 Å². The van der Waals surface area contributed by atoms with Crippen molar-refractivity contribution in [2.45, 2.75) is 0 Å². The number of para-hydroxylation sites is 1. The van der Waals surface area contributed by atoms with Crippen molar-refractivity contribution in [1.82, 2.24) is 0 Å². The summed E-state index contributed by atoms with van der Waals surface area (Å²) in [5.41, 5.74) is 0. The Hall–Kier alpha value is 1.50. The summed E-state index contributed by atoms with van der Waals surface area (Å²) in [6.07, 6.45) is 0. The smallest absolute Gasteiger partial charge is 0.115 e. The van der Waals surface area contributed by atoms with Crippen LogP contribution in [-0.2, 0) is 32.7 Å². The van der Waals surface area contributed by atoms with Crippen LogP contribution in [0.2, 0.25) is 0 Å². The van der Waals surface area contributed by atoms with Crippen molar-refractivity contribution < 1.29 is 79.6 Å². The summed E-state index contributed by atoms with van der Waals surface area (Å²) in [7, 11) is 0. The van der Waals surface area contributed by atoms with Gasteiger partial charge in [0.25, 0.3) is 0 Å². The largest absolute Gasteiger partial charge is 0.508 e. The molecule has 0 amide bonds. The molecule has 0 atom stereocenters. The fraction of sp³-hybridized carbons (Fsp3) is 0. The normalized spacial score (nSPS) is 6.67. The molecule has 43 valence electrons. The Morgan fingerprint density at radius 1 is 1.00 bits per heavy atom. The zero-order valence-corrected chi connectivity index (χ0v) is 10.9. The van der Waals surface area contributed by atoms with Crippen molar-refractivity contribution in [3.63, 3.8) is 0 Å². The number of phenols is 1. The third-order valence-corrected chi connectivity index (χ3v) is 0.756. The second-order valence-corrected chi connectivity index (χ2v) is 1.34. The quantitative estimate of drug-likeness (QED) is 0.765. The molecular weight excluding hydrogens is 317 g/mol. The van der Waals surface area contributed by atoms with Crippen molar-refractivity contribution in [3.05, 3.63) is 30.3 Å². The van der Waals surface area contributed by atoms with E-state index in [-0.39, 0.29) is 74.5 Å². The number of hydrogen-bond acceptors (Lipinski definition) is 1. The van der Waals surface area contributed by atoms with E-state index >= 15 is 0 Å². The van der Waals surface area contributed by atoms with E-state index < -0.39 is 0 Å². The Kier molecular flexibility index (Phi) is 11.1. The van der Waals surface area contributed by atoms with E-state index in [1.165, 1.54) is 0 Å². The molecule has 0 bridgehead atoms. The SMILES string of the molecule is Oc1ccccc1.[Ce].[Y]. The predicted molar refractivity (Wildman–Crippen MR) is 28.1 cm³/mol. The first-order valence-electron chi connectivity index (χ1n) is 2.13. The molecule has 1 aromatic carbocycles. The van der Waals surface area contributed by atoms with Gasteiger partial charge in [-0.3, -0.25) is 0 Å². The monoisotopic (exact) mass is 323 g/mol. The molecule has 0 aliphatic carbocycles. The topological polar surface area (TPSA) is 20.2 Å². The summed E-state index contributed by atoms with van der Waals surface area (Å²) >= 11 is 0. The Balaban J connectivity index is 0. The van der Waals surface area contributed by atoms with Gasteiger partial charge in [-0.1, -0.05) is 18.2 Å². The van der Waals surface area contributed by atoms with Crippen LogP contribution in [0.4, 0.5) is 0 Å². The molecular formula is C6H6CeOY. The first kappa shape index (κ1) is 13.1. The van der Waals surface area contributed by atoms with Crippen LogP contribution in [0.1, 0.15) is 0 Å². The van der Waals surface area contributed by atoms with Crippen molar-refractivity contribution >= 4 is 0 Å². The zero-order valence-electron chi connectivity index (χ0n) is 4.91. The van der Waals surface area contributed by atoms with Gasteiger partial charge in [0.15, 0.2) is 0 Å². The molecule has 1 radical (unpaired) electrons. The molecule has 0 aliphatic heterocycles. The number of benzene rings is 1. The van der Waals surface area contributed by atoms with Crippen molar-refractivity contribution in [3.8, 4) is 5.75 Å². The van der Waals surface area contributed by atoms with Crippen LogP contribution in [0.15, 0.2) is 30.3 Å². The van der Waals surface area contributed by atoms with Crippen molar-refractivity contribution in [2.75, 3.05) is 0 Å². The molecule has 0 aliphatic rings. The minimum Gasteiger partial charge on any atom is -0.508 e. The van der Waals surface area contributed by atoms with E-state index in [1.807, 2.05) is 6.07 Å². The Morgan fingerprint density at radius 3 is 1.67 bits per heavy atom. The van der Waals surface area contributed by atoms with Crippen LogP contribution < -0.4 is 0 Å². The Morgan fingerprint density at radius 2 is 1.44 bits per heavy atom. The number of phenolic OH excluding ortho intramolecular Hbond substituents is 1. The summed E-state index contributed by atoms with van der Waals surface area (Å²) in [6, 6.07) is 8.71. The predicted octanol–water partition coefficient (Wildman–Crippen LogP) is 1.39. The molecule has 1 nitrogen and oxygen atoms in total. The Labute approximate surface area is 113 Å². The van der Waals surface area contributed by atoms with Gasteiger partial charge in [0.1, 0.15) is 5.75 Å². The van der Waals surface area contributed by atoms with Crippen molar-refractivity contribution in [2.24, 2.45) is 0 Å². The third kappa shape index (κ3) is 5.92. The third-order valence-electron chi connectivity index (χ3n) is 0.756. The van der Waals surface area contributed by atoms with Gasteiger partial charge in [-0.2, -0.15) is 0 Å². The van der Waals surface area contributed by atoms with Gasteiger partial charge in [-0.25, -0.2) is 0 Å². The molecule has 0 saturated heterocycles. The molecule has 3 heteroatoms. The zero-order chi connectivity index (χ0) is 5.11. The fourth-order valence-electron chi connectivity index (χ4n) is 0.428. The summed E-state index contributed by atoms with van der Waals surface area (Å²) in [5.74, 6) is 0.322.